The molecule has 1 aliphatic carbocycles. The van der Waals surface area contributed by atoms with E-state index in [2.05, 4.69) is 34.3 Å². The van der Waals surface area contributed by atoms with Crippen LogP contribution in [0.4, 0.5) is 4.39 Å². The first kappa shape index (κ1) is 28.1. The van der Waals surface area contributed by atoms with Crippen molar-refractivity contribution in [3.8, 4) is 5.75 Å². The molecule has 1 unspecified atom stereocenters. The maximum Gasteiger partial charge on any atom is 0.191 e. The largest absolute Gasteiger partial charge is 0.490 e. The lowest BCUT2D eigenvalue weighted by molar-refractivity contribution is 0.136. The molecule has 1 heterocycles. The van der Waals surface area contributed by atoms with Crippen molar-refractivity contribution in [3.63, 3.8) is 0 Å². The minimum atomic E-state index is -0.293. The van der Waals surface area contributed by atoms with Crippen LogP contribution in [0.5, 0.6) is 5.75 Å². The van der Waals surface area contributed by atoms with E-state index >= 15 is 0 Å². The molecular formula is C25H43FIN5O. The summed E-state index contributed by atoms with van der Waals surface area (Å²) in [5, 5.41) is 6.71. The second-order valence-corrected chi connectivity index (χ2v) is 9.05. The van der Waals surface area contributed by atoms with Gasteiger partial charge in [0.05, 0.1) is 12.6 Å². The first-order chi connectivity index (χ1) is 15.6. The van der Waals surface area contributed by atoms with Crippen molar-refractivity contribution < 1.29 is 9.13 Å². The van der Waals surface area contributed by atoms with Crippen LogP contribution in [0.3, 0.4) is 0 Å². The molecule has 0 spiro atoms. The van der Waals surface area contributed by atoms with E-state index in [0.29, 0.717) is 18.3 Å². The highest BCUT2D eigenvalue weighted by molar-refractivity contribution is 14.0. The summed E-state index contributed by atoms with van der Waals surface area (Å²) in [7, 11) is 0. The lowest BCUT2D eigenvalue weighted by atomic mass is 10.1. The van der Waals surface area contributed by atoms with Crippen molar-refractivity contribution in [1.82, 2.24) is 20.4 Å². The highest BCUT2D eigenvalue weighted by Crippen LogP contribution is 2.30. The van der Waals surface area contributed by atoms with Crippen molar-refractivity contribution in [3.05, 3.63) is 29.6 Å². The van der Waals surface area contributed by atoms with Gasteiger partial charge in [0.1, 0.15) is 0 Å². The summed E-state index contributed by atoms with van der Waals surface area (Å²) in [6.45, 7) is 15.6. The molecule has 0 bridgehead atoms. The third-order valence-corrected chi connectivity index (χ3v) is 6.39. The summed E-state index contributed by atoms with van der Waals surface area (Å²) in [5.74, 6) is 1.45. The highest BCUT2D eigenvalue weighted by Gasteiger charge is 2.22. The molecule has 3 rings (SSSR count). The van der Waals surface area contributed by atoms with Gasteiger partial charge in [-0.2, -0.15) is 0 Å². The number of nitrogens with one attached hydrogen (secondary N) is 2. The van der Waals surface area contributed by atoms with Gasteiger partial charge in [0.2, 0.25) is 0 Å². The van der Waals surface area contributed by atoms with Crippen molar-refractivity contribution in [2.45, 2.75) is 52.5 Å². The number of rotatable bonds is 12. The summed E-state index contributed by atoms with van der Waals surface area (Å²) < 4.78 is 20.1. The number of guanidine groups is 1. The summed E-state index contributed by atoms with van der Waals surface area (Å²) in [6, 6.07) is 5.21. The Bertz CT molecular complexity index is 723. The molecule has 33 heavy (non-hydrogen) atoms. The van der Waals surface area contributed by atoms with Gasteiger partial charge >= 0.3 is 0 Å². The lowest BCUT2D eigenvalue weighted by Gasteiger charge is -2.33. The SMILES string of the molecule is CCNC(=NCCCCN1CCN(CC)CC1)NC(C)c1ccc(OCC2CC2)c(F)c1.I. The van der Waals surface area contributed by atoms with Gasteiger partial charge in [0, 0.05) is 39.3 Å². The van der Waals surface area contributed by atoms with Crippen molar-refractivity contribution >= 4 is 29.9 Å². The second kappa shape index (κ2) is 15.0. The van der Waals surface area contributed by atoms with Gasteiger partial charge in [-0.25, -0.2) is 4.39 Å². The number of halogens is 2. The molecule has 2 aliphatic rings. The third kappa shape index (κ3) is 9.94. The van der Waals surface area contributed by atoms with Crippen LogP contribution >= 0.6 is 24.0 Å². The number of hydrogen-bond acceptors (Lipinski definition) is 4. The number of aliphatic imine (C=N–C) groups is 1. The molecule has 2 fully saturated rings. The van der Waals surface area contributed by atoms with Crippen LogP contribution in [-0.2, 0) is 0 Å². The van der Waals surface area contributed by atoms with Crippen LogP contribution < -0.4 is 15.4 Å². The topological polar surface area (TPSA) is 52.1 Å². The van der Waals surface area contributed by atoms with Gasteiger partial charge < -0.3 is 25.2 Å². The van der Waals surface area contributed by atoms with E-state index in [-0.39, 0.29) is 35.8 Å². The zero-order valence-electron chi connectivity index (χ0n) is 20.6. The Hall–Kier alpha value is -1.13. The van der Waals surface area contributed by atoms with Crippen LogP contribution in [0.2, 0.25) is 0 Å². The Labute approximate surface area is 216 Å². The van der Waals surface area contributed by atoms with Crippen LogP contribution in [0.1, 0.15) is 58.1 Å². The number of piperazine rings is 1. The third-order valence-electron chi connectivity index (χ3n) is 6.39. The van der Waals surface area contributed by atoms with Crippen molar-refractivity contribution in [2.75, 3.05) is 59.0 Å². The predicted octanol–water partition coefficient (Wildman–Crippen LogP) is 4.27. The van der Waals surface area contributed by atoms with E-state index in [4.69, 9.17) is 9.73 Å². The molecule has 0 aromatic heterocycles. The average molecular weight is 576 g/mol. The molecule has 1 saturated heterocycles. The van der Waals surface area contributed by atoms with Gasteiger partial charge in [-0.3, -0.25) is 4.99 Å². The predicted molar refractivity (Wildman–Crippen MR) is 145 cm³/mol. The fraction of sp³-hybridized carbons (Fsp3) is 0.720. The number of ether oxygens (including phenoxy) is 1. The fourth-order valence-corrected chi connectivity index (χ4v) is 3.97. The number of hydrogen-bond donors (Lipinski definition) is 2. The van der Waals surface area contributed by atoms with Crippen LogP contribution in [-0.4, -0.2) is 74.7 Å². The molecule has 2 N–H and O–H groups in total. The summed E-state index contributed by atoms with van der Waals surface area (Å²) in [4.78, 5) is 9.81. The Morgan fingerprint density at radius 3 is 2.52 bits per heavy atom. The smallest absolute Gasteiger partial charge is 0.191 e. The van der Waals surface area contributed by atoms with Crippen LogP contribution in [0.15, 0.2) is 23.2 Å². The molecule has 1 aromatic rings. The standard InChI is InChI=1S/C25H42FN5O.HI/c1-4-27-25(28-12-6-7-13-31-16-14-30(5-2)15-17-31)29-20(3)22-10-11-24(23(26)18-22)32-19-21-8-9-21;/h10-11,18,20-21H,4-9,12-17,19H2,1-3H3,(H2,27,28,29);1H. The fourth-order valence-electron chi connectivity index (χ4n) is 3.97. The first-order valence-corrected chi connectivity index (χ1v) is 12.5. The monoisotopic (exact) mass is 575 g/mol. The average Bonchev–Trinajstić information content (AvgIpc) is 3.63. The van der Waals surface area contributed by atoms with E-state index in [1.54, 1.807) is 12.1 Å². The van der Waals surface area contributed by atoms with Gasteiger partial charge in [-0.15, -0.1) is 24.0 Å². The minimum Gasteiger partial charge on any atom is -0.490 e. The zero-order valence-corrected chi connectivity index (χ0v) is 22.9. The molecule has 1 atom stereocenters. The molecule has 0 amide bonds. The highest BCUT2D eigenvalue weighted by atomic mass is 127. The van der Waals surface area contributed by atoms with E-state index in [9.17, 15) is 4.39 Å². The minimum absolute atomic E-state index is 0. The van der Waals surface area contributed by atoms with Crippen LogP contribution in [0.25, 0.3) is 0 Å². The molecule has 1 saturated carbocycles. The Balaban J connectivity index is 0.00000385. The van der Waals surface area contributed by atoms with Crippen molar-refractivity contribution in [2.24, 2.45) is 10.9 Å². The quantitative estimate of drug-likeness (QED) is 0.169. The first-order valence-electron chi connectivity index (χ1n) is 12.5. The molecule has 8 heteroatoms. The van der Waals surface area contributed by atoms with Gasteiger partial charge in [0.15, 0.2) is 17.5 Å². The second-order valence-electron chi connectivity index (χ2n) is 9.05. The molecule has 188 valence electrons. The normalized spacial score (nSPS) is 18.5. The van der Waals surface area contributed by atoms with Crippen LogP contribution in [0, 0.1) is 11.7 Å². The Morgan fingerprint density at radius 2 is 1.88 bits per heavy atom. The molecule has 1 aliphatic heterocycles. The molecule has 0 radical (unpaired) electrons. The van der Waals surface area contributed by atoms with Gasteiger partial charge in [0.25, 0.3) is 0 Å². The van der Waals surface area contributed by atoms with E-state index in [1.165, 1.54) is 39.0 Å². The maximum atomic E-state index is 14.4. The van der Waals surface area contributed by atoms with E-state index in [0.717, 1.165) is 50.5 Å². The van der Waals surface area contributed by atoms with Gasteiger partial charge in [-0.1, -0.05) is 13.0 Å². The summed E-state index contributed by atoms with van der Waals surface area (Å²) in [5.41, 5.74) is 0.887. The Kier molecular flexibility index (Phi) is 12.8. The van der Waals surface area contributed by atoms with Crippen molar-refractivity contribution in [1.29, 1.82) is 0 Å². The number of unbranched alkanes of at least 4 members (excludes halogenated alkanes) is 1. The summed E-state index contributed by atoms with van der Waals surface area (Å²) in [6.07, 6.45) is 4.63. The zero-order chi connectivity index (χ0) is 22.8. The molecular weight excluding hydrogens is 532 g/mol. The lowest BCUT2D eigenvalue weighted by Crippen LogP contribution is -2.46. The number of likely N-dealkylation sites (N-methyl/N-ethyl adjacent to an activating group) is 1. The Morgan fingerprint density at radius 1 is 1.15 bits per heavy atom. The van der Waals surface area contributed by atoms with E-state index < -0.39 is 0 Å². The summed E-state index contributed by atoms with van der Waals surface area (Å²) >= 11 is 0. The number of nitrogens with zero attached hydrogens (tertiary/aromatic N) is 3. The van der Waals surface area contributed by atoms with E-state index in [1.807, 2.05) is 13.0 Å². The molecule has 1 aromatic carbocycles. The molecule has 6 nitrogen and oxygen atoms in total. The van der Waals surface area contributed by atoms with Gasteiger partial charge in [-0.05, 0) is 76.2 Å². The maximum absolute atomic E-state index is 14.4. The number of benzene rings is 1.